The number of nitrogens with two attached hydrogens (primary N) is 2. The normalized spacial score (nSPS) is 12.0. The largest absolute Gasteiger partial charge is 0.466 e. The van der Waals surface area contributed by atoms with Gasteiger partial charge in [-0.3, -0.25) is 19.2 Å². The maximum Gasteiger partial charge on any atom is 0.302 e. The van der Waals surface area contributed by atoms with E-state index in [1.165, 1.54) is 45.2 Å². The Balaban J connectivity index is 2.43. The lowest BCUT2D eigenvalue weighted by atomic mass is 10.2. The number of pyridine rings is 2. The molecule has 2 amide bonds. The molecule has 0 unspecified atom stereocenters. The highest BCUT2D eigenvalue weighted by Crippen LogP contribution is 2.43. The van der Waals surface area contributed by atoms with Gasteiger partial charge in [-0.2, -0.15) is 0 Å². The summed E-state index contributed by atoms with van der Waals surface area (Å²) in [6.07, 6.45) is 2.08. The monoisotopic (exact) mass is 644 g/mol. The Morgan fingerprint density at radius 1 is 0.727 bits per heavy atom. The van der Waals surface area contributed by atoms with Gasteiger partial charge < -0.3 is 30.7 Å². The number of esters is 2. The van der Waals surface area contributed by atoms with Crippen molar-refractivity contribution in [3.05, 3.63) is 68.0 Å². The van der Waals surface area contributed by atoms with Crippen LogP contribution in [0.2, 0.25) is 0 Å². The minimum absolute atomic E-state index is 0.0993. The predicted molar refractivity (Wildman–Crippen MR) is 173 cm³/mol. The van der Waals surface area contributed by atoms with Gasteiger partial charge in [0.15, 0.2) is 0 Å². The van der Waals surface area contributed by atoms with Gasteiger partial charge in [0.1, 0.15) is 11.6 Å². The summed E-state index contributed by atoms with van der Waals surface area (Å²) in [7, 11) is 2.71. The second-order valence-electron chi connectivity index (χ2n) is 9.82. The van der Waals surface area contributed by atoms with Gasteiger partial charge in [0.25, 0.3) is 0 Å². The van der Waals surface area contributed by atoms with Crippen LogP contribution < -0.4 is 11.5 Å². The number of amides is 2. The summed E-state index contributed by atoms with van der Waals surface area (Å²) >= 11 is 0. The van der Waals surface area contributed by atoms with E-state index in [4.69, 9.17) is 20.9 Å². The number of carbonyl (C=O) groups is 4. The number of rotatable bonds is 17. The van der Waals surface area contributed by atoms with E-state index in [2.05, 4.69) is 9.97 Å². The second-order valence-corrected chi connectivity index (χ2v) is 12.1. The SMILES string of the molecule is CC(=O)OCCC(SSC(CCOC(C)=O)=C(C)N(C=O)Cc1ccc(C)nc1N)=C(C)N(C=O)Cc1ccc(C)nc1N. The highest BCUT2D eigenvalue weighted by Gasteiger charge is 2.19. The first-order chi connectivity index (χ1) is 20.9. The van der Waals surface area contributed by atoms with Crippen LogP contribution in [0.1, 0.15) is 63.1 Å². The fraction of sp³-hybridized carbons (Fsp3) is 0.400. The molecule has 14 heteroatoms. The Morgan fingerprint density at radius 3 is 1.39 bits per heavy atom. The number of ether oxygens (including phenoxy) is 2. The summed E-state index contributed by atoms with van der Waals surface area (Å²) < 4.78 is 10.4. The van der Waals surface area contributed by atoms with Crippen LogP contribution in [0.3, 0.4) is 0 Å². The van der Waals surface area contributed by atoms with Crippen LogP contribution in [-0.4, -0.2) is 57.7 Å². The fourth-order valence-electron chi connectivity index (χ4n) is 3.88. The van der Waals surface area contributed by atoms with Crippen LogP contribution in [0.4, 0.5) is 11.6 Å². The van der Waals surface area contributed by atoms with Gasteiger partial charge in [-0.15, -0.1) is 0 Å². The molecule has 0 bridgehead atoms. The zero-order valence-electron chi connectivity index (χ0n) is 25.9. The molecular formula is C30H40N6O6S2. The van der Waals surface area contributed by atoms with Crippen molar-refractivity contribution in [2.75, 3.05) is 24.7 Å². The van der Waals surface area contributed by atoms with Crippen molar-refractivity contribution in [1.82, 2.24) is 19.8 Å². The minimum atomic E-state index is -0.422. The van der Waals surface area contributed by atoms with Crippen molar-refractivity contribution in [2.45, 2.75) is 67.5 Å². The van der Waals surface area contributed by atoms with E-state index < -0.39 is 11.9 Å². The quantitative estimate of drug-likeness (QED) is 0.139. The Kier molecular flexibility index (Phi) is 14.7. The first-order valence-corrected chi connectivity index (χ1v) is 15.9. The van der Waals surface area contributed by atoms with Crippen molar-refractivity contribution in [1.29, 1.82) is 0 Å². The Labute approximate surface area is 266 Å². The number of nitrogens with zero attached hydrogens (tertiary/aromatic N) is 4. The molecule has 0 aliphatic carbocycles. The third-order valence-electron chi connectivity index (χ3n) is 6.42. The number of allylic oxidation sites excluding steroid dienone is 2. The van der Waals surface area contributed by atoms with E-state index >= 15 is 0 Å². The fourth-order valence-corrected chi connectivity index (χ4v) is 6.71. The Hall–Kier alpha value is -4.04. The molecule has 0 radical (unpaired) electrons. The van der Waals surface area contributed by atoms with Crippen molar-refractivity contribution in [3.8, 4) is 0 Å². The minimum Gasteiger partial charge on any atom is -0.466 e. The number of aryl methyl sites for hydroxylation is 2. The molecule has 0 fully saturated rings. The number of carbonyl (C=O) groups excluding carboxylic acids is 4. The first-order valence-electron chi connectivity index (χ1n) is 13.7. The van der Waals surface area contributed by atoms with Crippen molar-refractivity contribution < 1.29 is 28.7 Å². The standard InChI is InChI=1S/C30H40N6O6S2/c1-19-7-9-25(29(31)33-19)15-35(17-37)21(3)27(11-13-41-23(5)39)43-44-28(12-14-42-24(6)40)22(4)36(18-38)16-26-10-8-20(2)34-30(26)32/h7-10,17-18H,11-16H2,1-6H3,(H2,31,33)(H2,32,34). The van der Waals surface area contributed by atoms with Crippen LogP contribution in [0.15, 0.2) is 45.5 Å². The molecule has 44 heavy (non-hydrogen) atoms. The molecule has 12 nitrogen and oxygen atoms in total. The van der Waals surface area contributed by atoms with E-state index in [1.54, 1.807) is 13.8 Å². The maximum atomic E-state index is 12.2. The lowest BCUT2D eigenvalue weighted by molar-refractivity contribution is -0.141. The summed E-state index contributed by atoms with van der Waals surface area (Å²) in [5.74, 6) is -0.180. The topological polar surface area (TPSA) is 171 Å². The van der Waals surface area contributed by atoms with E-state index in [0.717, 1.165) is 21.2 Å². The lowest BCUT2D eigenvalue weighted by Gasteiger charge is -2.24. The van der Waals surface area contributed by atoms with E-state index in [0.29, 0.717) is 59.8 Å². The molecule has 2 aromatic heterocycles. The number of aromatic nitrogens is 2. The van der Waals surface area contributed by atoms with Crippen molar-refractivity contribution in [3.63, 3.8) is 0 Å². The maximum absolute atomic E-state index is 12.2. The average Bonchev–Trinajstić information content (AvgIpc) is 2.96. The third-order valence-corrected chi connectivity index (χ3v) is 9.36. The predicted octanol–water partition coefficient (Wildman–Crippen LogP) is 4.63. The molecule has 0 saturated heterocycles. The van der Waals surface area contributed by atoms with E-state index in [-0.39, 0.29) is 26.3 Å². The summed E-state index contributed by atoms with van der Waals surface area (Å²) in [5.41, 5.74) is 16.4. The smallest absolute Gasteiger partial charge is 0.302 e. The van der Waals surface area contributed by atoms with Gasteiger partial charge in [-0.05, 0) is 39.8 Å². The number of anilines is 2. The molecule has 2 aromatic rings. The summed E-state index contributed by atoms with van der Waals surface area (Å²) in [6.45, 7) is 10.5. The lowest BCUT2D eigenvalue weighted by Crippen LogP contribution is -2.22. The van der Waals surface area contributed by atoms with Crippen LogP contribution in [-0.2, 0) is 41.7 Å². The van der Waals surface area contributed by atoms with Crippen LogP contribution >= 0.6 is 21.6 Å². The van der Waals surface area contributed by atoms with Gasteiger partial charge in [0.05, 0.1) is 26.3 Å². The van der Waals surface area contributed by atoms with Crippen LogP contribution in [0, 0.1) is 13.8 Å². The van der Waals surface area contributed by atoms with E-state index in [1.807, 2.05) is 38.1 Å². The summed E-state index contributed by atoms with van der Waals surface area (Å²) in [6, 6.07) is 7.29. The molecule has 0 atom stereocenters. The summed E-state index contributed by atoms with van der Waals surface area (Å²) in [5, 5.41) is 0. The molecule has 0 aliphatic heterocycles. The summed E-state index contributed by atoms with van der Waals surface area (Å²) in [4.78, 5) is 60.5. The molecule has 0 aliphatic rings. The average molecular weight is 645 g/mol. The zero-order chi connectivity index (χ0) is 32.8. The molecule has 0 spiro atoms. The number of hydrogen-bond donors (Lipinski definition) is 2. The van der Waals surface area contributed by atoms with Crippen LogP contribution in [0.25, 0.3) is 0 Å². The van der Waals surface area contributed by atoms with Crippen molar-refractivity contribution >= 4 is 58.0 Å². The highest BCUT2D eigenvalue weighted by atomic mass is 33.1. The van der Waals surface area contributed by atoms with Gasteiger partial charge in [-0.1, -0.05) is 33.7 Å². The molecule has 2 rings (SSSR count). The molecular weight excluding hydrogens is 605 g/mol. The molecule has 238 valence electrons. The molecule has 0 saturated carbocycles. The van der Waals surface area contributed by atoms with E-state index in [9.17, 15) is 19.2 Å². The third kappa shape index (κ3) is 11.6. The second kappa shape index (κ2) is 17.9. The zero-order valence-corrected chi connectivity index (χ0v) is 27.5. The Bertz CT molecular complexity index is 1310. The first kappa shape index (κ1) is 36.2. The van der Waals surface area contributed by atoms with Gasteiger partial charge in [0, 0.05) is 70.4 Å². The van der Waals surface area contributed by atoms with Crippen molar-refractivity contribution in [2.24, 2.45) is 0 Å². The van der Waals surface area contributed by atoms with Gasteiger partial charge in [0.2, 0.25) is 12.8 Å². The van der Waals surface area contributed by atoms with Gasteiger partial charge in [-0.25, -0.2) is 9.97 Å². The number of hydrogen-bond acceptors (Lipinski definition) is 12. The highest BCUT2D eigenvalue weighted by molar-refractivity contribution is 8.79. The van der Waals surface area contributed by atoms with Crippen LogP contribution in [0.5, 0.6) is 0 Å². The number of nitrogen functional groups attached to an aromatic ring is 2. The van der Waals surface area contributed by atoms with Gasteiger partial charge >= 0.3 is 11.9 Å². The molecule has 4 N–H and O–H groups in total. The molecule has 2 heterocycles. The Morgan fingerprint density at radius 2 is 1.09 bits per heavy atom. The molecule has 0 aromatic carbocycles.